The molecule has 0 N–H and O–H groups in total. The van der Waals surface area contributed by atoms with Gasteiger partial charge in [-0.2, -0.15) is 0 Å². The summed E-state index contributed by atoms with van der Waals surface area (Å²) in [6, 6.07) is 6.72. The van der Waals surface area contributed by atoms with Crippen LogP contribution in [0.1, 0.15) is 42.5 Å². The van der Waals surface area contributed by atoms with Crippen molar-refractivity contribution in [3.05, 3.63) is 29.8 Å². The monoisotopic (exact) mass is 335 g/mol. The van der Waals surface area contributed by atoms with Gasteiger partial charge in [-0.25, -0.2) is 13.2 Å². The zero-order valence-corrected chi connectivity index (χ0v) is 13.8. The van der Waals surface area contributed by atoms with Gasteiger partial charge in [0.15, 0.2) is 0 Å². The van der Waals surface area contributed by atoms with E-state index < -0.39 is 10.0 Å². The van der Waals surface area contributed by atoms with E-state index in [0.29, 0.717) is 30.1 Å². The molecular formula is C17H21NO4S. The maximum Gasteiger partial charge on any atom is 0.338 e. The van der Waals surface area contributed by atoms with E-state index in [2.05, 4.69) is 0 Å². The first-order chi connectivity index (χ1) is 11.0. The summed E-state index contributed by atoms with van der Waals surface area (Å²) < 4.78 is 30.9. The second-order valence-electron chi connectivity index (χ2n) is 6.91. The molecule has 1 aliphatic heterocycles. The highest BCUT2D eigenvalue weighted by molar-refractivity contribution is 7.93. The average Bonchev–Trinajstić information content (AvgIpc) is 3.22. The number of sulfonamides is 1. The molecule has 0 aromatic heterocycles. The summed E-state index contributed by atoms with van der Waals surface area (Å²) in [6.45, 7) is 0.511. The average molecular weight is 335 g/mol. The number of hydrogen-bond acceptors (Lipinski definition) is 4. The van der Waals surface area contributed by atoms with Crippen LogP contribution in [0.3, 0.4) is 0 Å². The topological polar surface area (TPSA) is 63.7 Å². The zero-order valence-electron chi connectivity index (χ0n) is 13.0. The maximum atomic E-state index is 12.3. The molecule has 1 aromatic carbocycles. The minimum atomic E-state index is -3.18. The normalized spacial score (nSPS) is 31.5. The molecule has 0 radical (unpaired) electrons. The van der Waals surface area contributed by atoms with Gasteiger partial charge in [-0.15, -0.1) is 0 Å². The van der Waals surface area contributed by atoms with E-state index in [9.17, 15) is 13.2 Å². The Morgan fingerprint density at radius 1 is 1.13 bits per heavy atom. The van der Waals surface area contributed by atoms with E-state index in [-0.39, 0.29) is 17.8 Å². The lowest BCUT2D eigenvalue weighted by Gasteiger charge is -2.22. The summed E-state index contributed by atoms with van der Waals surface area (Å²) in [6.07, 6.45) is 5.37. The molecule has 1 saturated heterocycles. The molecule has 23 heavy (non-hydrogen) atoms. The van der Waals surface area contributed by atoms with Gasteiger partial charge in [0, 0.05) is 6.54 Å². The van der Waals surface area contributed by atoms with Gasteiger partial charge in [0.05, 0.1) is 17.0 Å². The largest absolute Gasteiger partial charge is 0.458 e. The number of benzene rings is 1. The van der Waals surface area contributed by atoms with Crippen LogP contribution >= 0.6 is 0 Å². The van der Waals surface area contributed by atoms with Crippen LogP contribution in [-0.2, 0) is 14.8 Å². The maximum absolute atomic E-state index is 12.3. The lowest BCUT2D eigenvalue weighted by atomic mass is 9.98. The molecule has 3 aliphatic rings. The minimum Gasteiger partial charge on any atom is -0.458 e. The van der Waals surface area contributed by atoms with Crippen LogP contribution in [-0.4, -0.2) is 32.8 Å². The molecule has 0 spiro atoms. The van der Waals surface area contributed by atoms with Crippen molar-refractivity contribution < 1.29 is 17.9 Å². The Bertz CT molecular complexity index is 713. The number of anilines is 1. The zero-order chi connectivity index (χ0) is 16.0. The standard InChI is InChI=1S/C17H21NO4S/c19-17(22-16-11-12-2-3-14(16)10-12)13-4-6-15(7-5-13)18-8-1-9-23(18,20)21/h4-7,12,14,16H,1-3,8-11H2. The van der Waals surface area contributed by atoms with Crippen LogP contribution in [0.15, 0.2) is 24.3 Å². The molecule has 5 nitrogen and oxygen atoms in total. The first kappa shape index (κ1) is 15.0. The van der Waals surface area contributed by atoms with E-state index >= 15 is 0 Å². The van der Waals surface area contributed by atoms with Crippen molar-refractivity contribution in [2.24, 2.45) is 11.8 Å². The minimum absolute atomic E-state index is 0.0693. The van der Waals surface area contributed by atoms with E-state index in [0.717, 1.165) is 12.3 Å². The van der Waals surface area contributed by atoms with Gasteiger partial charge in [-0.3, -0.25) is 4.31 Å². The lowest BCUT2D eigenvalue weighted by Crippen LogP contribution is -2.25. The van der Waals surface area contributed by atoms with Gasteiger partial charge < -0.3 is 4.74 Å². The Balaban J connectivity index is 1.44. The Morgan fingerprint density at radius 3 is 2.48 bits per heavy atom. The first-order valence-electron chi connectivity index (χ1n) is 8.34. The molecule has 3 fully saturated rings. The fourth-order valence-electron chi connectivity index (χ4n) is 4.23. The molecule has 1 heterocycles. The SMILES string of the molecule is O=C(OC1CC2CCC1C2)c1ccc(N2CCCS2(=O)=O)cc1. The summed E-state index contributed by atoms with van der Waals surface area (Å²) in [7, 11) is -3.18. The van der Waals surface area contributed by atoms with Crippen molar-refractivity contribution in [2.75, 3.05) is 16.6 Å². The number of fused-ring (bicyclic) bond motifs is 2. The second-order valence-corrected chi connectivity index (χ2v) is 8.92. The fourth-order valence-corrected chi connectivity index (χ4v) is 5.79. The highest BCUT2D eigenvalue weighted by atomic mass is 32.2. The van der Waals surface area contributed by atoms with Gasteiger partial charge in [0.2, 0.25) is 10.0 Å². The summed E-state index contributed by atoms with van der Waals surface area (Å²) in [5.41, 5.74) is 1.12. The number of esters is 1. The molecule has 2 saturated carbocycles. The van der Waals surface area contributed by atoms with Gasteiger partial charge in [-0.05, 0) is 68.2 Å². The third-order valence-corrected chi connectivity index (χ3v) is 7.29. The lowest BCUT2D eigenvalue weighted by molar-refractivity contribution is 0.0158. The Hall–Kier alpha value is -1.56. The van der Waals surface area contributed by atoms with Crippen LogP contribution in [0.5, 0.6) is 0 Å². The molecule has 4 rings (SSSR count). The van der Waals surface area contributed by atoms with Crippen LogP contribution in [0.25, 0.3) is 0 Å². The van der Waals surface area contributed by atoms with Gasteiger partial charge in [0.1, 0.15) is 6.10 Å². The highest BCUT2D eigenvalue weighted by Gasteiger charge is 2.41. The number of nitrogens with zero attached hydrogens (tertiary/aromatic N) is 1. The Kier molecular flexibility index (Phi) is 3.59. The van der Waals surface area contributed by atoms with E-state index in [1.54, 1.807) is 24.3 Å². The van der Waals surface area contributed by atoms with Crippen molar-refractivity contribution in [1.29, 1.82) is 0 Å². The molecule has 3 unspecified atom stereocenters. The summed E-state index contributed by atoms with van der Waals surface area (Å²) in [4.78, 5) is 12.3. The molecule has 2 aliphatic carbocycles. The van der Waals surface area contributed by atoms with E-state index in [4.69, 9.17) is 4.74 Å². The number of hydrogen-bond donors (Lipinski definition) is 0. The van der Waals surface area contributed by atoms with Crippen LogP contribution < -0.4 is 4.31 Å². The smallest absolute Gasteiger partial charge is 0.338 e. The van der Waals surface area contributed by atoms with Crippen LogP contribution in [0.2, 0.25) is 0 Å². The van der Waals surface area contributed by atoms with Crippen molar-refractivity contribution in [3.63, 3.8) is 0 Å². The molecule has 2 bridgehead atoms. The summed E-state index contributed by atoms with van der Waals surface area (Å²) in [5, 5.41) is 0. The Labute approximate surface area is 136 Å². The van der Waals surface area contributed by atoms with Gasteiger partial charge in [-0.1, -0.05) is 0 Å². The van der Waals surface area contributed by atoms with Crippen molar-refractivity contribution in [2.45, 2.75) is 38.2 Å². The number of carbonyl (C=O) groups excluding carboxylic acids is 1. The fraction of sp³-hybridized carbons (Fsp3) is 0.588. The van der Waals surface area contributed by atoms with Gasteiger partial charge in [0.25, 0.3) is 0 Å². The van der Waals surface area contributed by atoms with E-state index in [1.807, 2.05) is 0 Å². The van der Waals surface area contributed by atoms with Crippen molar-refractivity contribution >= 4 is 21.7 Å². The number of carbonyl (C=O) groups is 1. The van der Waals surface area contributed by atoms with Gasteiger partial charge >= 0.3 is 5.97 Å². The molecule has 3 atom stereocenters. The predicted octanol–water partition coefficient (Wildman–Crippen LogP) is 2.57. The molecule has 0 amide bonds. The van der Waals surface area contributed by atoms with Crippen LogP contribution in [0, 0.1) is 11.8 Å². The predicted molar refractivity (Wildman–Crippen MR) is 86.8 cm³/mol. The third kappa shape index (κ3) is 2.73. The Morgan fingerprint density at radius 2 is 1.91 bits per heavy atom. The van der Waals surface area contributed by atoms with Crippen LogP contribution in [0.4, 0.5) is 5.69 Å². The molecular weight excluding hydrogens is 314 g/mol. The molecule has 124 valence electrons. The summed E-state index contributed by atoms with van der Waals surface area (Å²) in [5.74, 6) is 1.18. The quantitative estimate of drug-likeness (QED) is 0.797. The molecule has 1 aromatic rings. The van der Waals surface area contributed by atoms with Crippen molar-refractivity contribution in [3.8, 4) is 0 Å². The second kappa shape index (κ2) is 5.51. The van der Waals surface area contributed by atoms with E-state index in [1.165, 1.54) is 23.6 Å². The number of rotatable bonds is 3. The highest BCUT2D eigenvalue weighted by Crippen LogP contribution is 2.46. The number of ether oxygens (including phenoxy) is 1. The third-order valence-electron chi connectivity index (χ3n) is 5.42. The van der Waals surface area contributed by atoms with Crippen molar-refractivity contribution in [1.82, 2.24) is 0 Å². The summed E-state index contributed by atoms with van der Waals surface area (Å²) >= 11 is 0. The molecule has 6 heteroatoms. The first-order valence-corrected chi connectivity index (χ1v) is 9.95.